The topological polar surface area (TPSA) is 50.7 Å². The zero-order valence-corrected chi connectivity index (χ0v) is 12.5. The van der Waals surface area contributed by atoms with Crippen LogP contribution < -0.4 is 5.32 Å². The molecule has 110 valence electrons. The number of methoxy groups -OCH3 is 1. The van der Waals surface area contributed by atoms with E-state index < -0.39 is 0 Å². The molecule has 0 saturated carbocycles. The minimum Gasteiger partial charge on any atom is -0.394 e. The molecule has 0 saturated heterocycles. The Morgan fingerprint density at radius 1 is 1.33 bits per heavy atom. The van der Waals surface area contributed by atoms with Crippen LogP contribution in [0.4, 0.5) is 0 Å². The van der Waals surface area contributed by atoms with Gasteiger partial charge in [-0.25, -0.2) is 0 Å². The van der Waals surface area contributed by atoms with Gasteiger partial charge < -0.3 is 19.9 Å². The number of aliphatic hydroxyl groups excluding tert-OH is 1. The molecule has 18 heavy (non-hydrogen) atoms. The van der Waals surface area contributed by atoms with Crippen LogP contribution in [0.25, 0.3) is 0 Å². The number of aliphatic hydroxyl groups is 1. The first-order valence-electron chi connectivity index (χ1n) is 7.10. The predicted octanol–water partition coefficient (Wildman–Crippen LogP) is 1.96. The molecule has 4 nitrogen and oxygen atoms in total. The summed E-state index contributed by atoms with van der Waals surface area (Å²) in [6.45, 7) is 8.77. The molecule has 0 amide bonds. The monoisotopic (exact) mass is 261 g/mol. The van der Waals surface area contributed by atoms with Gasteiger partial charge in [-0.2, -0.15) is 0 Å². The summed E-state index contributed by atoms with van der Waals surface area (Å²) < 4.78 is 10.7. The van der Waals surface area contributed by atoms with Crippen LogP contribution >= 0.6 is 0 Å². The summed E-state index contributed by atoms with van der Waals surface area (Å²) in [5, 5.41) is 13.0. The number of hydrogen-bond acceptors (Lipinski definition) is 4. The van der Waals surface area contributed by atoms with Gasteiger partial charge in [0.15, 0.2) is 0 Å². The van der Waals surface area contributed by atoms with E-state index in [2.05, 4.69) is 19.2 Å². The van der Waals surface area contributed by atoms with Crippen molar-refractivity contribution in [3.8, 4) is 0 Å². The number of ether oxygens (including phenoxy) is 2. The second kappa shape index (κ2) is 10.7. The SMILES string of the molecule is CCCNC(CC)(CO)CCCOC(C)COC. The van der Waals surface area contributed by atoms with Gasteiger partial charge in [-0.1, -0.05) is 13.8 Å². The number of rotatable bonds is 12. The Kier molecular flexibility index (Phi) is 10.6. The maximum atomic E-state index is 9.57. The average molecular weight is 261 g/mol. The Morgan fingerprint density at radius 3 is 2.56 bits per heavy atom. The van der Waals surface area contributed by atoms with Crippen molar-refractivity contribution in [1.82, 2.24) is 5.32 Å². The van der Waals surface area contributed by atoms with Crippen LogP contribution in [0.2, 0.25) is 0 Å². The van der Waals surface area contributed by atoms with Gasteiger partial charge in [0, 0.05) is 19.3 Å². The highest BCUT2D eigenvalue weighted by Gasteiger charge is 2.25. The maximum Gasteiger partial charge on any atom is 0.0780 e. The number of hydrogen-bond donors (Lipinski definition) is 2. The quantitative estimate of drug-likeness (QED) is 0.527. The predicted molar refractivity (Wildman–Crippen MR) is 74.9 cm³/mol. The third kappa shape index (κ3) is 7.31. The maximum absolute atomic E-state index is 9.57. The zero-order chi connectivity index (χ0) is 13.9. The largest absolute Gasteiger partial charge is 0.394 e. The highest BCUT2D eigenvalue weighted by Crippen LogP contribution is 2.17. The third-order valence-electron chi connectivity index (χ3n) is 3.33. The molecule has 0 spiro atoms. The lowest BCUT2D eigenvalue weighted by molar-refractivity contribution is 0.00409. The van der Waals surface area contributed by atoms with Crippen LogP contribution in [0.3, 0.4) is 0 Å². The molecule has 0 fully saturated rings. The lowest BCUT2D eigenvalue weighted by atomic mass is 9.91. The van der Waals surface area contributed by atoms with E-state index >= 15 is 0 Å². The molecule has 0 aliphatic heterocycles. The number of nitrogens with one attached hydrogen (secondary N) is 1. The zero-order valence-electron chi connectivity index (χ0n) is 12.5. The van der Waals surface area contributed by atoms with Gasteiger partial charge in [0.1, 0.15) is 0 Å². The van der Waals surface area contributed by atoms with Crippen LogP contribution in [0.15, 0.2) is 0 Å². The Bertz CT molecular complexity index is 184. The van der Waals surface area contributed by atoms with Crippen molar-refractivity contribution in [3.05, 3.63) is 0 Å². The van der Waals surface area contributed by atoms with E-state index in [0.717, 1.165) is 38.8 Å². The molecule has 0 heterocycles. The standard InChI is InChI=1S/C14H31NO3/c1-5-9-15-14(6-2,12-16)8-7-10-18-13(3)11-17-4/h13,15-16H,5-12H2,1-4H3. The highest BCUT2D eigenvalue weighted by molar-refractivity contribution is 4.85. The molecule has 0 aliphatic carbocycles. The molecule has 0 aromatic carbocycles. The molecule has 4 heteroatoms. The van der Waals surface area contributed by atoms with E-state index in [1.165, 1.54) is 0 Å². The van der Waals surface area contributed by atoms with Crippen LogP contribution in [0.5, 0.6) is 0 Å². The second-order valence-corrected chi connectivity index (χ2v) is 4.96. The Balaban J connectivity index is 3.89. The van der Waals surface area contributed by atoms with E-state index in [1.807, 2.05) is 6.92 Å². The summed E-state index contributed by atoms with van der Waals surface area (Å²) in [6, 6.07) is 0. The van der Waals surface area contributed by atoms with Gasteiger partial charge in [-0.05, 0) is 39.2 Å². The molecular formula is C14H31NO3. The van der Waals surface area contributed by atoms with Gasteiger partial charge in [-0.15, -0.1) is 0 Å². The first kappa shape index (κ1) is 17.8. The molecule has 0 aromatic rings. The molecule has 0 radical (unpaired) electrons. The molecule has 0 rings (SSSR count). The van der Waals surface area contributed by atoms with E-state index in [9.17, 15) is 5.11 Å². The van der Waals surface area contributed by atoms with Crippen molar-refractivity contribution < 1.29 is 14.6 Å². The lowest BCUT2D eigenvalue weighted by Gasteiger charge is -2.32. The van der Waals surface area contributed by atoms with Crippen LogP contribution in [0.1, 0.15) is 46.5 Å². The molecule has 0 aliphatic rings. The second-order valence-electron chi connectivity index (χ2n) is 4.96. The van der Waals surface area contributed by atoms with Gasteiger partial charge in [0.05, 0.1) is 19.3 Å². The van der Waals surface area contributed by atoms with Crippen molar-refractivity contribution in [2.75, 3.05) is 33.5 Å². The normalized spacial score (nSPS) is 16.5. The average Bonchev–Trinajstić information content (AvgIpc) is 2.39. The van der Waals surface area contributed by atoms with Gasteiger partial charge in [0.25, 0.3) is 0 Å². The summed E-state index contributed by atoms with van der Waals surface area (Å²) in [4.78, 5) is 0. The van der Waals surface area contributed by atoms with Gasteiger partial charge >= 0.3 is 0 Å². The molecular weight excluding hydrogens is 230 g/mol. The summed E-state index contributed by atoms with van der Waals surface area (Å²) in [6.07, 6.45) is 4.07. The molecule has 0 bridgehead atoms. The van der Waals surface area contributed by atoms with E-state index in [0.29, 0.717) is 6.61 Å². The third-order valence-corrected chi connectivity index (χ3v) is 3.33. The fourth-order valence-corrected chi connectivity index (χ4v) is 2.00. The van der Waals surface area contributed by atoms with E-state index in [4.69, 9.17) is 9.47 Å². The lowest BCUT2D eigenvalue weighted by Crippen LogP contribution is -2.48. The van der Waals surface area contributed by atoms with Crippen LogP contribution in [-0.4, -0.2) is 50.2 Å². The minimum atomic E-state index is -0.135. The van der Waals surface area contributed by atoms with Gasteiger partial charge in [0.2, 0.25) is 0 Å². The van der Waals surface area contributed by atoms with Crippen molar-refractivity contribution >= 4 is 0 Å². The highest BCUT2D eigenvalue weighted by atomic mass is 16.5. The fraction of sp³-hybridized carbons (Fsp3) is 1.00. The van der Waals surface area contributed by atoms with Crippen LogP contribution in [0, 0.1) is 0 Å². The Hall–Kier alpha value is -0.160. The molecule has 0 aromatic heterocycles. The fourth-order valence-electron chi connectivity index (χ4n) is 2.00. The van der Waals surface area contributed by atoms with Crippen molar-refractivity contribution in [3.63, 3.8) is 0 Å². The molecule has 2 atom stereocenters. The van der Waals surface area contributed by atoms with Crippen molar-refractivity contribution in [1.29, 1.82) is 0 Å². The van der Waals surface area contributed by atoms with E-state index in [-0.39, 0.29) is 18.2 Å². The summed E-state index contributed by atoms with van der Waals surface area (Å²) >= 11 is 0. The van der Waals surface area contributed by atoms with Crippen molar-refractivity contribution in [2.24, 2.45) is 0 Å². The Labute approximate surface area is 112 Å². The van der Waals surface area contributed by atoms with Crippen LogP contribution in [-0.2, 0) is 9.47 Å². The van der Waals surface area contributed by atoms with E-state index in [1.54, 1.807) is 7.11 Å². The Morgan fingerprint density at radius 2 is 2.06 bits per heavy atom. The minimum absolute atomic E-state index is 0.135. The summed E-state index contributed by atoms with van der Waals surface area (Å²) in [7, 11) is 1.68. The summed E-state index contributed by atoms with van der Waals surface area (Å²) in [5.41, 5.74) is -0.135. The smallest absolute Gasteiger partial charge is 0.0780 e. The van der Waals surface area contributed by atoms with Gasteiger partial charge in [-0.3, -0.25) is 0 Å². The summed E-state index contributed by atoms with van der Waals surface area (Å²) in [5.74, 6) is 0. The first-order chi connectivity index (χ1) is 8.64. The molecule has 2 N–H and O–H groups in total. The van der Waals surface area contributed by atoms with Crippen molar-refractivity contribution in [2.45, 2.75) is 58.1 Å². The first-order valence-corrected chi connectivity index (χ1v) is 7.10. The molecule has 2 unspecified atom stereocenters.